The minimum atomic E-state index is 0.877. The average molecular weight is 165 g/mol. The van der Waals surface area contributed by atoms with E-state index < -0.39 is 0 Å². The van der Waals surface area contributed by atoms with Gasteiger partial charge in [-0.25, -0.2) is 4.98 Å². The molecule has 58 valence electrons. The van der Waals surface area contributed by atoms with Gasteiger partial charge in [0.15, 0.2) is 0 Å². The molecule has 0 radical (unpaired) electrons. The Labute approximate surface area is 71.1 Å². The predicted molar refractivity (Wildman–Crippen MR) is 49.9 cm³/mol. The first-order valence-electron chi connectivity index (χ1n) is 3.52. The molecule has 0 amide bonds. The molecule has 0 saturated heterocycles. The molecule has 0 spiro atoms. The fourth-order valence-corrected chi connectivity index (χ4v) is 1.72. The first kappa shape index (κ1) is 8.21. The Morgan fingerprint density at radius 1 is 1.36 bits per heavy atom. The Morgan fingerprint density at radius 2 is 2.09 bits per heavy atom. The monoisotopic (exact) mass is 165 g/mol. The molecule has 0 unspecified atom stereocenters. The second-order valence-corrected chi connectivity index (χ2v) is 3.41. The second-order valence-electron chi connectivity index (χ2n) is 2.21. The van der Waals surface area contributed by atoms with Crippen LogP contribution in [0.5, 0.6) is 0 Å². The zero-order valence-corrected chi connectivity index (χ0v) is 7.23. The highest BCUT2D eigenvalue weighted by atomic mass is 32.1. The third-order valence-corrected chi connectivity index (χ3v) is 2.31. The molecule has 1 aromatic heterocycles. The number of allylic oxidation sites excluding steroid dienone is 2. The van der Waals surface area contributed by atoms with Crippen LogP contribution in [0.2, 0.25) is 0 Å². The summed E-state index contributed by atoms with van der Waals surface area (Å²) in [5.74, 6) is 0. The zero-order valence-electron chi connectivity index (χ0n) is 6.42. The van der Waals surface area contributed by atoms with Gasteiger partial charge >= 0.3 is 0 Å². The first-order valence-corrected chi connectivity index (χ1v) is 4.34. The molecule has 0 aliphatic rings. The number of rotatable bonds is 4. The lowest BCUT2D eigenvalue weighted by Gasteiger charge is -1.84. The van der Waals surface area contributed by atoms with Crippen molar-refractivity contribution in [2.45, 2.75) is 12.8 Å². The van der Waals surface area contributed by atoms with Crippen molar-refractivity contribution >= 4 is 11.3 Å². The maximum absolute atomic E-state index is 4.22. The molecule has 1 aromatic rings. The van der Waals surface area contributed by atoms with Crippen LogP contribution in [-0.4, -0.2) is 4.98 Å². The van der Waals surface area contributed by atoms with Crippen molar-refractivity contribution in [2.24, 2.45) is 0 Å². The van der Waals surface area contributed by atoms with Crippen LogP contribution in [0.4, 0.5) is 0 Å². The zero-order chi connectivity index (χ0) is 8.10. The van der Waals surface area contributed by atoms with E-state index in [1.54, 1.807) is 11.3 Å². The van der Waals surface area contributed by atoms with Gasteiger partial charge in [-0.2, -0.15) is 0 Å². The largest absolute Gasteiger partial charge is 0.249 e. The summed E-state index contributed by atoms with van der Waals surface area (Å²) in [5.41, 5.74) is 0. The highest BCUT2D eigenvalue weighted by Gasteiger charge is 1.96. The Balaban J connectivity index is 2.64. The molecule has 0 fully saturated rings. The number of hydrogen-bond donors (Lipinski definition) is 0. The molecule has 2 heteroatoms. The van der Waals surface area contributed by atoms with Gasteiger partial charge in [0.25, 0.3) is 0 Å². The SMILES string of the molecule is C=CCc1cnc(CC=C)s1. The first-order chi connectivity index (χ1) is 5.36. The van der Waals surface area contributed by atoms with Crippen molar-refractivity contribution in [3.05, 3.63) is 41.4 Å². The van der Waals surface area contributed by atoms with E-state index in [-0.39, 0.29) is 0 Å². The van der Waals surface area contributed by atoms with E-state index in [9.17, 15) is 0 Å². The van der Waals surface area contributed by atoms with Gasteiger partial charge in [-0.1, -0.05) is 12.2 Å². The van der Waals surface area contributed by atoms with Crippen molar-refractivity contribution in [2.75, 3.05) is 0 Å². The number of hydrogen-bond acceptors (Lipinski definition) is 2. The fraction of sp³-hybridized carbons (Fsp3) is 0.222. The minimum absolute atomic E-state index is 0.877. The Kier molecular flexibility index (Phi) is 3.05. The molecule has 0 aliphatic carbocycles. The van der Waals surface area contributed by atoms with Crippen molar-refractivity contribution in [3.63, 3.8) is 0 Å². The van der Waals surface area contributed by atoms with Crippen molar-refractivity contribution in [1.29, 1.82) is 0 Å². The molecule has 0 saturated carbocycles. The summed E-state index contributed by atoms with van der Waals surface area (Å²) in [5, 5.41) is 1.14. The molecular formula is C9H11NS. The highest BCUT2D eigenvalue weighted by molar-refractivity contribution is 7.11. The summed E-state index contributed by atoms with van der Waals surface area (Å²) in [6, 6.07) is 0. The summed E-state index contributed by atoms with van der Waals surface area (Å²) < 4.78 is 0. The average Bonchev–Trinajstić information content (AvgIpc) is 2.38. The molecule has 1 rings (SSSR count). The highest BCUT2D eigenvalue weighted by Crippen LogP contribution is 2.14. The van der Waals surface area contributed by atoms with Crippen LogP contribution in [0.15, 0.2) is 31.5 Å². The third kappa shape index (κ3) is 2.31. The van der Waals surface area contributed by atoms with Gasteiger partial charge in [0.1, 0.15) is 0 Å². The minimum Gasteiger partial charge on any atom is -0.249 e. The summed E-state index contributed by atoms with van der Waals surface area (Å²) >= 11 is 1.73. The fourth-order valence-electron chi connectivity index (χ4n) is 0.802. The summed E-state index contributed by atoms with van der Waals surface area (Å²) in [4.78, 5) is 5.50. The molecule has 0 N–H and O–H groups in total. The van der Waals surface area contributed by atoms with Crippen molar-refractivity contribution in [1.82, 2.24) is 4.98 Å². The van der Waals surface area contributed by atoms with Crippen LogP contribution >= 0.6 is 11.3 Å². The van der Waals surface area contributed by atoms with Crippen molar-refractivity contribution < 1.29 is 0 Å². The Morgan fingerprint density at radius 3 is 2.73 bits per heavy atom. The van der Waals surface area contributed by atoms with Crippen LogP contribution in [0.25, 0.3) is 0 Å². The molecule has 0 bridgehead atoms. The van der Waals surface area contributed by atoms with E-state index in [2.05, 4.69) is 18.1 Å². The summed E-state index contributed by atoms with van der Waals surface area (Å²) in [6.07, 6.45) is 7.48. The third-order valence-electron chi connectivity index (χ3n) is 1.27. The van der Waals surface area contributed by atoms with Crippen molar-refractivity contribution in [3.8, 4) is 0 Å². The normalized spacial score (nSPS) is 9.45. The number of thiazole rings is 1. The summed E-state index contributed by atoms with van der Waals surface area (Å²) in [7, 11) is 0. The van der Waals surface area contributed by atoms with Gasteiger partial charge in [-0.05, 0) is 0 Å². The smallest absolute Gasteiger partial charge is 0.0965 e. The van der Waals surface area contributed by atoms with E-state index in [1.807, 2.05) is 18.3 Å². The maximum Gasteiger partial charge on any atom is 0.0965 e. The van der Waals surface area contributed by atoms with Gasteiger partial charge in [-0.15, -0.1) is 24.5 Å². The molecule has 0 aliphatic heterocycles. The van der Waals surface area contributed by atoms with E-state index in [0.29, 0.717) is 0 Å². The van der Waals surface area contributed by atoms with E-state index in [0.717, 1.165) is 17.8 Å². The van der Waals surface area contributed by atoms with Crippen LogP contribution in [0.3, 0.4) is 0 Å². The van der Waals surface area contributed by atoms with Gasteiger partial charge < -0.3 is 0 Å². The number of aromatic nitrogens is 1. The predicted octanol–water partition coefficient (Wildman–Crippen LogP) is 2.60. The lowest BCUT2D eigenvalue weighted by Crippen LogP contribution is -1.73. The molecule has 0 aromatic carbocycles. The van der Waals surface area contributed by atoms with E-state index in [4.69, 9.17) is 0 Å². The van der Waals surface area contributed by atoms with E-state index in [1.165, 1.54) is 4.88 Å². The molecule has 1 nitrogen and oxygen atoms in total. The lowest BCUT2D eigenvalue weighted by molar-refractivity contribution is 1.18. The quantitative estimate of drug-likeness (QED) is 0.625. The Hall–Kier alpha value is -0.890. The molecule has 11 heavy (non-hydrogen) atoms. The van der Waals surface area contributed by atoms with Gasteiger partial charge in [0, 0.05) is 23.9 Å². The second kappa shape index (κ2) is 4.09. The summed E-state index contributed by atoms with van der Waals surface area (Å²) in [6.45, 7) is 7.33. The van der Waals surface area contributed by atoms with Gasteiger partial charge in [-0.3, -0.25) is 0 Å². The van der Waals surface area contributed by atoms with Crippen LogP contribution < -0.4 is 0 Å². The van der Waals surface area contributed by atoms with Gasteiger partial charge in [0.05, 0.1) is 5.01 Å². The molecule has 0 atom stereocenters. The van der Waals surface area contributed by atoms with E-state index >= 15 is 0 Å². The number of nitrogens with zero attached hydrogens (tertiary/aromatic N) is 1. The van der Waals surface area contributed by atoms with Crippen LogP contribution in [-0.2, 0) is 12.8 Å². The Bertz CT molecular complexity index is 225. The lowest BCUT2D eigenvalue weighted by atomic mass is 10.4. The molecule has 1 heterocycles. The van der Waals surface area contributed by atoms with Gasteiger partial charge in [0.2, 0.25) is 0 Å². The van der Waals surface area contributed by atoms with Crippen LogP contribution in [0, 0.1) is 0 Å². The standard InChI is InChI=1S/C9H11NS/c1-3-5-8-7-10-9(11-8)6-4-2/h3-4,7H,1-2,5-6H2. The van der Waals surface area contributed by atoms with Crippen LogP contribution in [0.1, 0.15) is 9.88 Å². The molecular weight excluding hydrogens is 154 g/mol. The maximum atomic E-state index is 4.22. The topological polar surface area (TPSA) is 12.9 Å².